The van der Waals surface area contributed by atoms with Crippen LogP contribution in [0, 0.1) is 5.82 Å². The fraction of sp³-hybridized carbons (Fsp3) is 0.250. The molecule has 1 aliphatic heterocycles. The first-order valence-corrected chi connectivity index (χ1v) is 11.3. The Morgan fingerprint density at radius 2 is 1.91 bits per heavy atom. The SMILES string of the molecule is CC(C)NCCNC(=O)c1ccc(-c2cnc3c(c2)OC(c2c(Cl)ccc(F)c2Cl)N3)cc1. The average Bonchev–Trinajstić information content (AvgIpc) is 3.22. The van der Waals surface area contributed by atoms with Gasteiger partial charge in [-0.1, -0.05) is 49.2 Å². The van der Waals surface area contributed by atoms with Crippen LogP contribution in [-0.2, 0) is 0 Å². The van der Waals surface area contributed by atoms with Crippen molar-refractivity contribution in [3.63, 3.8) is 0 Å². The molecule has 3 aromatic rings. The molecule has 1 aromatic heterocycles. The molecule has 4 rings (SSSR count). The maximum absolute atomic E-state index is 13.9. The van der Waals surface area contributed by atoms with Crippen LogP contribution in [0.5, 0.6) is 5.75 Å². The normalized spacial score (nSPS) is 14.5. The van der Waals surface area contributed by atoms with Crippen LogP contribution in [0.2, 0.25) is 10.0 Å². The molecular formula is C24H23Cl2FN4O2. The van der Waals surface area contributed by atoms with E-state index in [0.29, 0.717) is 46.8 Å². The van der Waals surface area contributed by atoms with Gasteiger partial charge in [0, 0.05) is 36.5 Å². The summed E-state index contributed by atoms with van der Waals surface area (Å²) in [6, 6.07) is 12.1. The van der Waals surface area contributed by atoms with E-state index in [4.69, 9.17) is 27.9 Å². The van der Waals surface area contributed by atoms with Crippen molar-refractivity contribution in [2.45, 2.75) is 26.1 Å². The van der Waals surface area contributed by atoms with Gasteiger partial charge in [0.05, 0.1) is 15.6 Å². The Kier molecular flexibility index (Phi) is 7.02. The highest BCUT2D eigenvalue weighted by Gasteiger charge is 2.29. The standard InChI is InChI=1S/C24H23Cl2FN4O2/c1-13(2)28-9-10-29-23(32)15-5-3-14(4-6-15)16-11-19-22(30-12-16)31-24(33-19)20-17(25)7-8-18(27)21(20)26/h3-8,11-13,24,28H,9-10H2,1-2H3,(H,29,32)(H,30,31). The van der Waals surface area contributed by atoms with Crippen molar-refractivity contribution in [2.75, 3.05) is 18.4 Å². The summed E-state index contributed by atoms with van der Waals surface area (Å²) in [5.74, 6) is 0.296. The molecule has 2 heterocycles. The molecule has 0 fully saturated rings. The number of fused-ring (bicyclic) bond motifs is 1. The van der Waals surface area contributed by atoms with Gasteiger partial charge in [0.15, 0.2) is 11.6 Å². The number of nitrogens with zero attached hydrogens (tertiary/aromatic N) is 1. The van der Waals surface area contributed by atoms with Crippen LogP contribution in [0.25, 0.3) is 11.1 Å². The summed E-state index contributed by atoms with van der Waals surface area (Å²) in [4.78, 5) is 16.7. The summed E-state index contributed by atoms with van der Waals surface area (Å²) in [7, 11) is 0. The molecule has 0 aliphatic carbocycles. The number of hydrogen-bond acceptors (Lipinski definition) is 5. The highest BCUT2D eigenvalue weighted by molar-refractivity contribution is 6.36. The number of amides is 1. The minimum absolute atomic E-state index is 0.0955. The first-order chi connectivity index (χ1) is 15.8. The fourth-order valence-corrected chi connectivity index (χ4v) is 4.02. The molecule has 0 saturated heterocycles. The molecule has 1 amide bonds. The molecule has 2 aromatic carbocycles. The molecule has 6 nitrogen and oxygen atoms in total. The van der Waals surface area contributed by atoms with Gasteiger partial charge >= 0.3 is 0 Å². The van der Waals surface area contributed by atoms with E-state index in [1.54, 1.807) is 18.3 Å². The second-order valence-corrected chi connectivity index (χ2v) is 8.70. The number of nitrogens with one attached hydrogen (secondary N) is 3. The average molecular weight is 489 g/mol. The zero-order valence-electron chi connectivity index (χ0n) is 18.1. The van der Waals surface area contributed by atoms with Gasteiger partial charge in [0.25, 0.3) is 5.91 Å². The molecule has 172 valence electrons. The highest BCUT2D eigenvalue weighted by atomic mass is 35.5. The summed E-state index contributed by atoms with van der Waals surface area (Å²) in [6.07, 6.45) is 0.939. The molecule has 0 bridgehead atoms. The van der Waals surface area contributed by atoms with Crippen LogP contribution in [0.3, 0.4) is 0 Å². The number of anilines is 1. The lowest BCUT2D eigenvalue weighted by Crippen LogP contribution is -2.34. The Morgan fingerprint density at radius 1 is 1.15 bits per heavy atom. The maximum Gasteiger partial charge on any atom is 0.251 e. The van der Waals surface area contributed by atoms with Crippen molar-refractivity contribution in [1.29, 1.82) is 0 Å². The van der Waals surface area contributed by atoms with E-state index in [1.165, 1.54) is 12.1 Å². The Labute approximate surface area is 201 Å². The van der Waals surface area contributed by atoms with Gasteiger partial charge < -0.3 is 20.7 Å². The minimum atomic E-state index is -0.755. The van der Waals surface area contributed by atoms with E-state index in [-0.39, 0.29) is 10.9 Å². The Balaban J connectivity index is 1.45. The van der Waals surface area contributed by atoms with E-state index >= 15 is 0 Å². The summed E-state index contributed by atoms with van der Waals surface area (Å²) in [5.41, 5.74) is 2.57. The number of carbonyl (C=O) groups excluding carboxylic acids is 1. The molecule has 0 radical (unpaired) electrons. The number of pyridine rings is 1. The van der Waals surface area contributed by atoms with Gasteiger partial charge in [-0.25, -0.2) is 9.37 Å². The minimum Gasteiger partial charge on any atom is -0.462 e. The molecular weight excluding hydrogens is 466 g/mol. The number of hydrogen-bond donors (Lipinski definition) is 3. The smallest absolute Gasteiger partial charge is 0.251 e. The van der Waals surface area contributed by atoms with E-state index < -0.39 is 12.0 Å². The summed E-state index contributed by atoms with van der Waals surface area (Å²) < 4.78 is 19.8. The van der Waals surface area contributed by atoms with Gasteiger partial charge in [0.2, 0.25) is 6.23 Å². The Hall–Kier alpha value is -2.87. The van der Waals surface area contributed by atoms with Crippen molar-refractivity contribution in [3.05, 3.63) is 75.7 Å². The summed E-state index contributed by atoms with van der Waals surface area (Å²) in [5, 5.41) is 9.41. The monoisotopic (exact) mass is 488 g/mol. The fourth-order valence-electron chi connectivity index (χ4n) is 3.45. The van der Waals surface area contributed by atoms with Crippen LogP contribution >= 0.6 is 23.2 Å². The lowest BCUT2D eigenvalue weighted by molar-refractivity contribution is 0.0953. The number of ether oxygens (including phenoxy) is 1. The predicted octanol–water partition coefficient (Wildman–Crippen LogP) is 5.43. The largest absolute Gasteiger partial charge is 0.462 e. The quantitative estimate of drug-likeness (QED) is 0.305. The second-order valence-electron chi connectivity index (χ2n) is 7.91. The van der Waals surface area contributed by atoms with Crippen molar-refractivity contribution in [3.8, 4) is 16.9 Å². The lowest BCUT2D eigenvalue weighted by Gasteiger charge is -2.15. The Bertz CT molecular complexity index is 1170. The van der Waals surface area contributed by atoms with E-state index in [1.807, 2.05) is 18.2 Å². The third-order valence-electron chi connectivity index (χ3n) is 5.15. The molecule has 1 atom stereocenters. The van der Waals surface area contributed by atoms with Crippen molar-refractivity contribution < 1.29 is 13.9 Å². The molecule has 33 heavy (non-hydrogen) atoms. The van der Waals surface area contributed by atoms with Crippen LogP contribution in [0.1, 0.15) is 36.0 Å². The number of aromatic nitrogens is 1. The van der Waals surface area contributed by atoms with Crippen molar-refractivity contribution in [2.24, 2.45) is 0 Å². The first-order valence-electron chi connectivity index (χ1n) is 10.5. The number of carbonyl (C=O) groups is 1. The number of benzene rings is 2. The van der Waals surface area contributed by atoms with Crippen molar-refractivity contribution in [1.82, 2.24) is 15.6 Å². The topological polar surface area (TPSA) is 75.3 Å². The molecule has 3 N–H and O–H groups in total. The highest BCUT2D eigenvalue weighted by Crippen LogP contribution is 2.42. The van der Waals surface area contributed by atoms with E-state index in [0.717, 1.165) is 11.1 Å². The zero-order chi connectivity index (χ0) is 23.5. The molecule has 9 heteroatoms. The van der Waals surface area contributed by atoms with Crippen LogP contribution in [0.15, 0.2) is 48.7 Å². The molecule has 1 aliphatic rings. The van der Waals surface area contributed by atoms with E-state index in [9.17, 15) is 9.18 Å². The molecule has 0 spiro atoms. The van der Waals surface area contributed by atoms with Crippen LogP contribution in [0.4, 0.5) is 10.2 Å². The Morgan fingerprint density at radius 3 is 2.64 bits per heavy atom. The van der Waals surface area contributed by atoms with Gasteiger partial charge in [-0.3, -0.25) is 4.79 Å². The van der Waals surface area contributed by atoms with Gasteiger partial charge in [-0.2, -0.15) is 0 Å². The maximum atomic E-state index is 13.9. The zero-order valence-corrected chi connectivity index (χ0v) is 19.6. The second kappa shape index (κ2) is 9.95. The third kappa shape index (κ3) is 5.21. The molecule has 1 unspecified atom stereocenters. The van der Waals surface area contributed by atoms with E-state index in [2.05, 4.69) is 34.8 Å². The number of rotatable bonds is 7. The van der Waals surface area contributed by atoms with Gasteiger partial charge in [-0.05, 0) is 35.9 Å². The van der Waals surface area contributed by atoms with Gasteiger partial charge in [-0.15, -0.1) is 0 Å². The number of halogens is 3. The van der Waals surface area contributed by atoms with Gasteiger partial charge in [0.1, 0.15) is 5.82 Å². The lowest BCUT2D eigenvalue weighted by atomic mass is 10.1. The first kappa shape index (κ1) is 23.3. The predicted molar refractivity (Wildman–Crippen MR) is 129 cm³/mol. The van der Waals surface area contributed by atoms with Crippen LogP contribution in [-0.4, -0.2) is 30.0 Å². The molecule has 0 saturated carbocycles. The van der Waals surface area contributed by atoms with Crippen molar-refractivity contribution >= 4 is 34.9 Å². The third-order valence-corrected chi connectivity index (χ3v) is 5.86. The summed E-state index contributed by atoms with van der Waals surface area (Å²) >= 11 is 12.3. The van der Waals surface area contributed by atoms with Crippen LogP contribution < -0.4 is 20.7 Å². The summed E-state index contributed by atoms with van der Waals surface area (Å²) in [6.45, 7) is 5.38.